The maximum Gasteiger partial charge on any atom is 0.330 e. The monoisotopic (exact) mass is 330 g/mol. The van der Waals surface area contributed by atoms with Crippen LogP contribution in [0.1, 0.15) is 53.9 Å². The Hall–Kier alpha value is -1.61. The number of allylic oxidation sites excluding steroid dienone is 4. The van der Waals surface area contributed by atoms with Gasteiger partial charge in [-0.2, -0.15) is 0 Å². The summed E-state index contributed by atoms with van der Waals surface area (Å²) in [4.78, 5) is 11.2. The minimum Gasteiger partial charge on any atom is -0.466 e. The van der Waals surface area contributed by atoms with Crippen molar-refractivity contribution in [3.05, 3.63) is 47.1 Å². The van der Waals surface area contributed by atoms with Crippen LogP contribution < -0.4 is 0 Å². The Balaban J connectivity index is 2.11. The van der Waals surface area contributed by atoms with E-state index in [2.05, 4.69) is 44.6 Å². The smallest absolute Gasteiger partial charge is 0.330 e. The quantitative estimate of drug-likeness (QED) is 0.318. The summed E-state index contributed by atoms with van der Waals surface area (Å²) in [5.74, 6) is -0.332. The Kier molecular flexibility index (Phi) is 5.54. The number of methoxy groups -OCH3 is 1. The summed E-state index contributed by atoms with van der Waals surface area (Å²) in [6, 6.07) is 0. The first-order valence-corrected chi connectivity index (χ1v) is 8.70. The van der Waals surface area contributed by atoms with Gasteiger partial charge in [-0.15, -0.1) is 0 Å². The predicted octanol–water partition coefficient (Wildman–Crippen LogP) is 4.90. The lowest BCUT2D eigenvalue weighted by molar-refractivity contribution is -0.134. The van der Waals surface area contributed by atoms with Crippen LogP contribution in [0, 0.1) is 5.41 Å². The molecule has 0 bridgehead atoms. The van der Waals surface area contributed by atoms with E-state index in [0.29, 0.717) is 0 Å². The van der Waals surface area contributed by atoms with Crippen LogP contribution in [-0.4, -0.2) is 24.8 Å². The highest BCUT2D eigenvalue weighted by atomic mass is 16.5. The number of esters is 1. The van der Waals surface area contributed by atoms with Crippen LogP contribution in [0.5, 0.6) is 0 Å². The molecule has 0 N–H and O–H groups in total. The number of carbonyl (C=O) groups excluding carboxylic acids is 1. The van der Waals surface area contributed by atoms with Crippen LogP contribution >= 0.6 is 0 Å². The summed E-state index contributed by atoms with van der Waals surface area (Å²) in [5, 5.41) is 0. The highest BCUT2D eigenvalue weighted by Crippen LogP contribution is 2.51. The second-order valence-corrected chi connectivity index (χ2v) is 7.77. The zero-order valence-electron chi connectivity index (χ0n) is 15.8. The zero-order chi connectivity index (χ0) is 18.0. The number of hydrogen-bond acceptors (Lipinski definition) is 3. The van der Waals surface area contributed by atoms with Crippen LogP contribution in [-0.2, 0) is 14.3 Å². The predicted molar refractivity (Wildman–Crippen MR) is 97.7 cm³/mol. The molecule has 2 rings (SSSR count). The van der Waals surface area contributed by atoms with Gasteiger partial charge >= 0.3 is 5.97 Å². The molecule has 1 fully saturated rings. The van der Waals surface area contributed by atoms with Gasteiger partial charge in [0.05, 0.1) is 18.8 Å². The van der Waals surface area contributed by atoms with Crippen LogP contribution in [0.15, 0.2) is 47.1 Å². The number of ether oxygens (including phenoxy) is 2. The summed E-state index contributed by atoms with van der Waals surface area (Å²) in [6.45, 7) is 10.8. The second kappa shape index (κ2) is 7.10. The van der Waals surface area contributed by atoms with Crippen LogP contribution in [0.2, 0.25) is 0 Å². The number of hydrogen-bond donors (Lipinski definition) is 0. The Morgan fingerprint density at radius 3 is 2.62 bits per heavy atom. The van der Waals surface area contributed by atoms with Crippen molar-refractivity contribution < 1.29 is 14.3 Å². The molecule has 1 heterocycles. The molecule has 0 aromatic carbocycles. The van der Waals surface area contributed by atoms with E-state index < -0.39 is 0 Å². The van der Waals surface area contributed by atoms with E-state index in [1.807, 2.05) is 19.1 Å². The molecule has 0 saturated heterocycles. The summed E-state index contributed by atoms with van der Waals surface area (Å²) in [7, 11) is 1.38. The molecule has 0 unspecified atom stereocenters. The molecule has 2 aliphatic rings. The highest BCUT2D eigenvalue weighted by Gasteiger charge is 2.47. The second-order valence-electron chi connectivity index (χ2n) is 7.77. The van der Waals surface area contributed by atoms with E-state index >= 15 is 0 Å². The SMILES string of the molecule is COC(=O)\C=C(C)/C=C\C=C(/C)[C@H]1C=C2C(C)(C)CCC[C@@]2(C)O1. The van der Waals surface area contributed by atoms with Crippen LogP contribution in [0.4, 0.5) is 0 Å². The van der Waals surface area contributed by atoms with Gasteiger partial charge in [-0.05, 0) is 68.2 Å². The Morgan fingerprint density at radius 2 is 2.00 bits per heavy atom. The van der Waals surface area contributed by atoms with Crippen molar-refractivity contribution in [2.24, 2.45) is 5.41 Å². The van der Waals surface area contributed by atoms with Crippen molar-refractivity contribution >= 4 is 5.97 Å². The van der Waals surface area contributed by atoms with Crippen molar-refractivity contribution in [3.63, 3.8) is 0 Å². The van der Waals surface area contributed by atoms with Gasteiger partial charge in [-0.1, -0.05) is 32.1 Å². The van der Waals surface area contributed by atoms with Gasteiger partial charge in [0.25, 0.3) is 0 Å². The maximum atomic E-state index is 11.2. The highest BCUT2D eigenvalue weighted by molar-refractivity contribution is 5.83. The molecular weight excluding hydrogens is 300 g/mol. The Bertz CT molecular complexity index is 619. The molecule has 0 spiro atoms. The van der Waals surface area contributed by atoms with E-state index in [1.165, 1.54) is 37.2 Å². The maximum absolute atomic E-state index is 11.2. The molecule has 3 heteroatoms. The van der Waals surface area contributed by atoms with Gasteiger partial charge < -0.3 is 9.47 Å². The molecule has 0 aromatic rings. The third kappa shape index (κ3) is 4.07. The van der Waals surface area contributed by atoms with Crippen molar-refractivity contribution in [1.29, 1.82) is 0 Å². The van der Waals surface area contributed by atoms with Crippen molar-refractivity contribution in [3.8, 4) is 0 Å². The lowest BCUT2D eigenvalue weighted by Gasteiger charge is -2.42. The first-order valence-electron chi connectivity index (χ1n) is 8.70. The molecule has 132 valence electrons. The van der Waals surface area contributed by atoms with E-state index in [9.17, 15) is 4.79 Å². The molecule has 0 aromatic heterocycles. The van der Waals surface area contributed by atoms with Gasteiger partial charge in [0.2, 0.25) is 0 Å². The normalized spacial score (nSPS) is 30.2. The Morgan fingerprint density at radius 1 is 1.29 bits per heavy atom. The van der Waals surface area contributed by atoms with E-state index in [1.54, 1.807) is 0 Å². The summed E-state index contributed by atoms with van der Waals surface area (Å²) >= 11 is 0. The van der Waals surface area contributed by atoms with Crippen LogP contribution in [0.3, 0.4) is 0 Å². The Labute approximate surface area is 146 Å². The third-order valence-electron chi connectivity index (χ3n) is 5.17. The van der Waals surface area contributed by atoms with Crippen LogP contribution in [0.25, 0.3) is 0 Å². The molecule has 0 amide bonds. The molecule has 2 atom stereocenters. The molecule has 0 radical (unpaired) electrons. The first kappa shape index (κ1) is 18.7. The number of fused-ring (bicyclic) bond motifs is 1. The molecule has 24 heavy (non-hydrogen) atoms. The summed E-state index contributed by atoms with van der Waals surface area (Å²) in [6.07, 6.45) is 13.3. The fraction of sp³-hybridized carbons (Fsp3) is 0.571. The van der Waals surface area contributed by atoms with Crippen molar-refractivity contribution in [2.75, 3.05) is 7.11 Å². The lowest BCUT2D eigenvalue weighted by atomic mass is 9.67. The van der Waals surface area contributed by atoms with Crippen molar-refractivity contribution in [2.45, 2.75) is 65.6 Å². The fourth-order valence-corrected chi connectivity index (χ4v) is 3.81. The van der Waals surface area contributed by atoms with E-state index in [0.717, 1.165) is 12.0 Å². The van der Waals surface area contributed by atoms with E-state index in [4.69, 9.17) is 4.74 Å². The fourth-order valence-electron chi connectivity index (χ4n) is 3.81. The minimum absolute atomic E-state index is 0.0388. The topological polar surface area (TPSA) is 35.5 Å². The van der Waals surface area contributed by atoms with Gasteiger partial charge in [0.15, 0.2) is 0 Å². The minimum atomic E-state index is -0.332. The van der Waals surface area contributed by atoms with Gasteiger partial charge in [-0.3, -0.25) is 0 Å². The molecule has 3 nitrogen and oxygen atoms in total. The lowest BCUT2D eigenvalue weighted by Crippen LogP contribution is -2.39. The average molecular weight is 330 g/mol. The molecular formula is C21H30O3. The largest absolute Gasteiger partial charge is 0.466 e. The summed E-state index contributed by atoms with van der Waals surface area (Å²) in [5.41, 5.74) is 3.59. The van der Waals surface area contributed by atoms with Gasteiger partial charge in [-0.25, -0.2) is 4.79 Å². The third-order valence-corrected chi connectivity index (χ3v) is 5.17. The molecule has 1 saturated carbocycles. The summed E-state index contributed by atoms with van der Waals surface area (Å²) < 4.78 is 11.0. The average Bonchev–Trinajstić information content (AvgIpc) is 2.86. The standard InChI is InChI=1S/C21H30O3/c1-15(13-19(22)23-6)9-7-10-16(2)17-14-18-20(3,4)11-8-12-21(18,5)24-17/h7,9-10,13-14,17H,8,11-12H2,1-6H3/b9-7-,15-13-,16-10+/t17-,21-/m1/s1. The number of rotatable bonds is 4. The molecule has 1 aliphatic carbocycles. The first-order chi connectivity index (χ1) is 11.2. The zero-order valence-corrected chi connectivity index (χ0v) is 15.8. The van der Waals surface area contributed by atoms with E-state index in [-0.39, 0.29) is 23.1 Å². The van der Waals surface area contributed by atoms with Gasteiger partial charge in [0, 0.05) is 6.08 Å². The van der Waals surface area contributed by atoms with Crippen molar-refractivity contribution in [1.82, 2.24) is 0 Å². The number of carbonyl (C=O) groups is 1. The van der Waals surface area contributed by atoms with Gasteiger partial charge in [0.1, 0.15) is 0 Å². The molecule has 1 aliphatic heterocycles.